The number of aryl methyl sites for hydroxylation is 2. The summed E-state index contributed by atoms with van der Waals surface area (Å²) in [5, 5.41) is 19.6. The molecule has 0 amide bonds. The van der Waals surface area contributed by atoms with Crippen molar-refractivity contribution in [2.24, 2.45) is 11.8 Å². The molecule has 1 fully saturated rings. The van der Waals surface area contributed by atoms with E-state index in [1.54, 1.807) is 6.07 Å². The number of fused-ring (bicyclic) bond motifs is 1. The van der Waals surface area contributed by atoms with Gasteiger partial charge in [0.05, 0.1) is 5.52 Å². The number of pyridine rings is 1. The number of benzene rings is 1. The van der Waals surface area contributed by atoms with E-state index in [2.05, 4.69) is 9.88 Å². The van der Waals surface area contributed by atoms with Crippen molar-refractivity contribution in [3.8, 4) is 0 Å². The fraction of sp³-hybridized carbons (Fsp3) is 0.500. The number of aliphatic hydroxyl groups excluding tert-OH is 2. The van der Waals surface area contributed by atoms with Crippen molar-refractivity contribution in [3.05, 3.63) is 45.2 Å². The van der Waals surface area contributed by atoms with Gasteiger partial charge in [0.15, 0.2) is 5.43 Å². The van der Waals surface area contributed by atoms with Gasteiger partial charge in [0.25, 0.3) is 0 Å². The fourth-order valence-electron chi connectivity index (χ4n) is 3.62. The smallest absolute Gasteiger partial charge is 0.189 e. The molecule has 0 radical (unpaired) electrons. The molecule has 2 aromatic rings. The first kappa shape index (κ1) is 16.2. The van der Waals surface area contributed by atoms with Crippen molar-refractivity contribution in [2.45, 2.75) is 20.4 Å². The van der Waals surface area contributed by atoms with E-state index in [4.69, 9.17) is 0 Å². The van der Waals surface area contributed by atoms with Crippen molar-refractivity contribution in [1.29, 1.82) is 0 Å². The average Bonchev–Trinajstić information content (AvgIpc) is 2.92. The Bertz CT molecular complexity index is 757. The van der Waals surface area contributed by atoms with Crippen LogP contribution in [0.25, 0.3) is 10.9 Å². The minimum Gasteiger partial charge on any atom is -0.396 e. The molecule has 1 aliphatic heterocycles. The maximum absolute atomic E-state index is 12.5. The van der Waals surface area contributed by atoms with Crippen LogP contribution < -0.4 is 5.43 Å². The summed E-state index contributed by atoms with van der Waals surface area (Å²) in [6, 6.07) is 5.68. The van der Waals surface area contributed by atoms with Gasteiger partial charge in [0, 0.05) is 61.8 Å². The number of H-pyrrole nitrogens is 1. The highest BCUT2D eigenvalue weighted by Gasteiger charge is 2.31. The maximum atomic E-state index is 12.5. The van der Waals surface area contributed by atoms with Crippen LogP contribution >= 0.6 is 0 Å². The first-order valence-electron chi connectivity index (χ1n) is 8.09. The van der Waals surface area contributed by atoms with Gasteiger partial charge in [0.1, 0.15) is 0 Å². The zero-order chi connectivity index (χ0) is 16.6. The number of nitrogens with zero attached hydrogens (tertiary/aromatic N) is 1. The molecule has 5 heteroatoms. The molecule has 0 aliphatic carbocycles. The molecule has 124 valence electrons. The van der Waals surface area contributed by atoms with E-state index in [1.807, 2.05) is 26.0 Å². The monoisotopic (exact) mass is 316 g/mol. The molecular formula is C18H24N2O3. The summed E-state index contributed by atoms with van der Waals surface area (Å²) in [5.41, 5.74) is 3.88. The normalized spacial score (nSPS) is 22.1. The lowest BCUT2D eigenvalue weighted by molar-refractivity contribution is 0.152. The highest BCUT2D eigenvalue weighted by molar-refractivity contribution is 5.84. The number of rotatable bonds is 4. The van der Waals surface area contributed by atoms with Crippen molar-refractivity contribution in [3.63, 3.8) is 0 Å². The standard InChI is InChI=1S/C18H24N2O3/c1-11-3-4-12(2)18-17(11)16(23)5-15(19-18)8-20-6-13(9-21)14(7-20)10-22/h3-5,13-14,21-22H,6-10H2,1-2H3,(H,19,23)/t13-,14-/m0/s1. The van der Waals surface area contributed by atoms with Gasteiger partial charge in [-0.25, -0.2) is 0 Å². The lowest BCUT2D eigenvalue weighted by Crippen LogP contribution is -2.23. The van der Waals surface area contributed by atoms with Crippen LogP contribution in [0.15, 0.2) is 23.0 Å². The van der Waals surface area contributed by atoms with Crippen LogP contribution in [0.4, 0.5) is 0 Å². The second-order valence-electron chi connectivity index (χ2n) is 6.69. The molecule has 1 saturated heterocycles. The van der Waals surface area contributed by atoms with E-state index >= 15 is 0 Å². The van der Waals surface area contributed by atoms with E-state index in [-0.39, 0.29) is 30.5 Å². The number of likely N-dealkylation sites (tertiary alicyclic amines) is 1. The first-order chi connectivity index (χ1) is 11.0. The minimum atomic E-state index is 0.0477. The molecule has 2 heterocycles. The van der Waals surface area contributed by atoms with Crippen LogP contribution in [-0.2, 0) is 6.54 Å². The second-order valence-corrected chi connectivity index (χ2v) is 6.69. The Morgan fingerprint density at radius 3 is 2.35 bits per heavy atom. The number of aromatic nitrogens is 1. The van der Waals surface area contributed by atoms with Gasteiger partial charge in [-0.1, -0.05) is 12.1 Å². The number of hydrogen-bond donors (Lipinski definition) is 3. The zero-order valence-corrected chi connectivity index (χ0v) is 13.7. The van der Waals surface area contributed by atoms with Crippen molar-refractivity contribution < 1.29 is 10.2 Å². The molecule has 0 unspecified atom stereocenters. The van der Waals surface area contributed by atoms with E-state index in [9.17, 15) is 15.0 Å². The third kappa shape index (κ3) is 3.04. The number of aromatic amines is 1. The molecular weight excluding hydrogens is 292 g/mol. The molecule has 0 bridgehead atoms. The Balaban J connectivity index is 1.90. The summed E-state index contributed by atoms with van der Waals surface area (Å²) < 4.78 is 0. The summed E-state index contributed by atoms with van der Waals surface area (Å²) in [7, 11) is 0. The van der Waals surface area contributed by atoms with Crippen LogP contribution in [0.1, 0.15) is 16.8 Å². The lowest BCUT2D eigenvalue weighted by atomic mass is 9.98. The van der Waals surface area contributed by atoms with Gasteiger partial charge in [0.2, 0.25) is 0 Å². The summed E-state index contributed by atoms with van der Waals surface area (Å²) in [5.74, 6) is 0.215. The molecule has 3 rings (SSSR count). The molecule has 0 spiro atoms. The number of nitrogens with one attached hydrogen (secondary N) is 1. The Morgan fingerprint density at radius 1 is 1.13 bits per heavy atom. The summed E-state index contributed by atoms with van der Waals surface area (Å²) >= 11 is 0. The topological polar surface area (TPSA) is 76.6 Å². The Morgan fingerprint density at radius 2 is 1.74 bits per heavy atom. The predicted molar refractivity (Wildman–Crippen MR) is 90.5 cm³/mol. The Hall–Kier alpha value is -1.69. The SMILES string of the molecule is Cc1ccc(C)c2c(=O)cc(CN3C[C@@H](CO)[C@H](CO)C3)[nH]c12. The highest BCUT2D eigenvalue weighted by atomic mass is 16.3. The van der Waals surface area contributed by atoms with Gasteiger partial charge in [-0.05, 0) is 25.0 Å². The summed E-state index contributed by atoms with van der Waals surface area (Å²) in [6.07, 6.45) is 0. The lowest BCUT2D eigenvalue weighted by Gasteiger charge is -2.16. The van der Waals surface area contributed by atoms with Gasteiger partial charge >= 0.3 is 0 Å². The second kappa shape index (κ2) is 6.43. The minimum absolute atomic E-state index is 0.0477. The van der Waals surface area contributed by atoms with Gasteiger partial charge in [-0.15, -0.1) is 0 Å². The molecule has 5 nitrogen and oxygen atoms in total. The van der Waals surface area contributed by atoms with Crippen LogP contribution in [0.5, 0.6) is 0 Å². The van der Waals surface area contributed by atoms with Crippen molar-refractivity contribution in [1.82, 2.24) is 9.88 Å². The van der Waals surface area contributed by atoms with Gasteiger partial charge in [-0.2, -0.15) is 0 Å². The predicted octanol–water partition coefficient (Wildman–Crippen LogP) is 1.18. The van der Waals surface area contributed by atoms with Crippen molar-refractivity contribution >= 4 is 10.9 Å². The largest absolute Gasteiger partial charge is 0.396 e. The van der Waals surface area contributed by atoms with E-state index in [0.717, 1.165) is 40.8 Å². The third-order valence-electron chi connectivity index (χ3n) is 4.97. The van der Waals surface area contributed by atoms with Crippen LogP contribution in [0.3, 0.4) is 0 Å². The van der Waals surface area contributed by atoms with E-state index < -0.39 is 0 Å². The Labute approximate surface area is 135 Å². The summed E-state index contributed by atoms with van der Waals surface area (Å²) in [6.45, 7) is 6.26. The summed E-state index contributed by atoms with van der Waals surface area (Å²) in [4.78, 5) is 18.1. The first-order valence-corrected chi connectivity index (χ1v) is 8.09. The average molecular weight is 316 g/mol. The molecule has 1 aliphatic rings. The van der Waals surface area contributed by atoms with E-state index in [0.29, 0.717) is 6.54 Å². The number of hydrogen-bond acceptors (Lipinski definition) is 4. The third-order valence-corrected chi connectivity index (χ3v) is 4.97. The van der Waals surface area contributed by atoms with Crippen molar-refractivity contribution in [2.75, 3.05) is 26.3 Å². The quantitative estimate of drug-likeness (QED) is 0.791. The molecule has 2 atom stereocenters. The van der Waals surface area contributed by atoms with Crippen LogP contribution in [0, 0.1) is 25.7 Å². The van der Waals surface area contributed by atoms with Gasteiger partial charge in [-0.3, -0.25) is 9.69 Å². The van der Waals surface area contributed by atoms with Crippen LogP contribution in [-0.4, -0.2) is 46.4 Å². The van der Waals surface area contributed by atoms with E-state index in [1.165, 1.54) is 0 Å². The Kier molecular flexibility index (Phi) is 4.53. The molecule has 1 aromatic heterocycles. The molecule has 1 aromatic carbocycles. The van der Waals surface area contributed by atoms with Gasteiger partial charge < -0.3 is 15.2 Å². The molecule has 23 heavy (non-hydrogen) atoms. The fourth-order valence-corrected chi connectivity index (χ4v) is 3.62. The maximum Gasteiger partial charge on any atom is 0.189 e. The molecule has 0 saturated carbocycles. The highest BCUT2D eigenvalue weighted by Crippen LogP contribution is 2.24. The van der Waals surface area contributed by atoms with Crippen LogP contribution in [0.2, 0.25) is 0 Å². The zero-order valence-electron chi connectivity index (χ0n) is 13.7. The number of aliphatic hydroxyl groups is 2. The molecule has 3 N–H and O–H groups in total.